The molecule has 0 aliphatic carbocycles. The van der Waals surface area contributed by atoms with Gasteiger partial charge in [0.25, 0.3) is 5.91 Å². The van der Waals surface area contributed by atoms with Crippen LogP contribution < -0.4 is 16.2 Å². The lowest BCUT2D eigenvalue weighted by Gasteiger charge is -2.41. The first-order chi connectivity index (χ1) is 15.9. The Morgan fingerprint density at radius 2 is 2.09 bits per heavy atom. The lowest BCUT2D eigenvalue weighted by Crippen LogP contribution is -2.67. The molecule has 1 aromatic rings. The van der Waals surface area contributed by atoms with Crippen molar-refractivity contribution < 1.29 is 14.0 Å². The number of fused-ring (bicyclic) bond motifs is 1. The number of hydrazine groups is 1. The predicted molar refractivity (Wildman–Crippen MR) is 125 cm³/mol. The van der Waals surface area contributed by atoms with Crippen LogP contribution in [0.1, 0.15) is 41.6 Å². The Morgan fingerprint density at radius 3 is 2.91 bits per heavy atom. The Kier molecular flexibility index (Phi) is 7.95. The quantitative estimate of drug-likeness (QED) is 0.559. The molecule has 3 unspecified atom stereocenters. The van der Waals surface area contributed by atoms with E-state index in [0.717, 1.165) is 57.4 Å². The van der Waals surface area contributed by atoms with Gasteiger partial charge in [0.2, 0.25) is 5.91 Å². The van der Waals surface area contributed by atoms with E-state index in [1.165, 1.54) is 6.07 Å². The number of rotatable bonds is 7. The van der Waals surface area contributed by atoms with E-state index in [-0.39, 0.29) is 35.4 Å². The summed E-state index contributed by atoms with van der Waals surface area (Å²) in [6, 6.07) is 4.86. The lowest BCUT2D eigenvalue weighted by atomic mass is 9.82. The van der Waals surface area contributed by atoms with Gasteiger partial charge in [0, 0.05) is 31.7 Å². The van der Waals surface area contributed by atoms with Gasteiger partial charge in [-0.1, -0.05) is 6.07 Å². The third kappa shape index (κ3) is 5.90. The number of halogens is 1. The van der Waals surface area contributed by atoms with Gasteiger partial charge in [-0.3, -0.25) is 19.9 Å². The highest BCUT2D eigenvalue weighted by Gasteiger charge is 2.40. The van der Waals surface area contributed by atoms with Crippen LogP contribution in [-0.2, 0) is 11.2 Å². The number of carbonyl (C=O) groups is 2. The van der Waals surface area contributed by atoms with Gasteiger partial charge in [-0.05, 0) is 77.0 Å². The van der Waals surface area contributed by atoms with Crippen molar-refractivity contribution in [3.8, 4) is 0 Å². The average molecular weight is 461 g/mol. The van der Waals surface area contributed by atoms with Crippen LogP contribution in [0.2, 0.25) is 0 Å². The second-order valence-corrected chi connectivity index (χ2v) is 9.83. The largest absolute Gasteiger partial charge is 0.326 e. The number of hydrogen-bond acceptors (Lipinski definition) is 6. The highest BCUT2D eigenvalue weighted by molar-refractivity contribution is 5.94. The molecule has 0 spiro atoms. The summed E-state index contributed by atoms with van der Waals surface area (Å²) in [5, 5.41) is 3.47. The van der Waals surface area contributed by atoms with Crippen molar-refractivity contribution >= 4 is 11.8 Å². The molecule has 3 heterocycles. The van der Waals surface area contributed by atoms with E-state index < -0.39 is 5.82 Å². The first-order valence-electron chi connectivity index (χ1n) is 12.2. The van der Waals surface area contributed by atoms with E-state index in [1.807, 2.05) is 0 Å². The Hall–Kier alpha value is -2.07. The molecular formula is C24H37FN6O2. The molecule has 0 radical (unpaired) electrons. The predicted octanol–water partition coefficient (Wildman–Crippen LogP) is 0.797. The van der Waals surface area contributed by atoms with E-state index in [9.17, 15) is 14.0 Å². The number of benzene rings is 1. The zero-order chi connectivity index (χ0) is 23.4. The van der Waals surface area contributed by atoms with Crippen molar-refractivity contribution in [3.63, 3.8) is 0 Å². The number of hydrogen-bond donors (Lipinski definition) is 3. The maximum atomic E-state index is 14.7. The minimum atomic E-state index is -0.480. The first kappa shape index (κ1) is 24.1. The molecule has 3 aliphatic heterocycles. The summed E-state index contributed by atoms with van der Waals surface area (Å²) in [4.78, 5) is 31.6. The molecule has 3 aliphatic rings. The highest BCUT2D eigenvalue weighted by atomic mass is 19.1. The van der Waals surface area contributed by atoms with Crippen LogP contribution in [-0.4, -0.2) is 92.1 Å². The zero-order valence-corrected chi connectivity index (χ0v) is 19.8. The maximum absolute atomic E-state index is 14.7. The Balaban J connectivity index is 1.41. The molecule has 3 atom stereocenters. The fourth-order valence-electron chi connectivity index (χ4n) is 5.27. The number of carbonyl (C=O) groups excluding carboxylic acids is 2. The van der Waals surface area contributed by atoms with Gasteiger partial charge in [-0.2, -0.15) is 0 Å². The minimum Gasteiger partial charge on any atom is -0.326 e. The standard InChI is InChI=1S/C24H37FN6O2/c1-29(2)10-4-11-30-12-5-13-31(16-30)24(33)19-14-17(7-8-20(19)25)15-21-22-18(6-3-9-26-22)23(32)28-27-21/h7-8,14,18,21-22,26-27H,3-6,9-13,15-16H2,1-2H3,(H,28,32). The van der Waals surface area contributed by atoms with Crippen LogP contribution >= 0.6 is 0 Å². The Morgan fingerprint density at radius 1 is 1.24 bits per heavy atom. The third-order valence-corrected chi connectivity index (χ3v) is 7.01. The van der Waals surface area contributed by atoms with Gasteiger partial charge in [0.1, 0.15) is 5.82 Å². The molecule has 3 fully saturated rings. The van der Waals surface area contributed by atoms with Crippen LogP contribution in [0.3, 0.4) is 0 Å². The van der Waals surface area contributed by atoms with Crippen molar-refractivity contribution in [2.24, 2.45) is 5.92 Å². The lowest BCUT2D eigenvalue weighted by molar-refractivity contribution is -0.131. The summed E-state index contributed by atoms with van der Waals surface area (Å²) in [6.45, 7) is 4.98. The molecule has 0 bridgehead atoms. The molecule has 1 aromatic carbocycles. The van der Waals surface area contributed by atoms with Crippen molar-refractivity contribution in [2.75, 3.05) is 53.5 Å². The number of nitrogens with zero attached hydrogens (tertiary/aromatic N) is 3. The monoisotopic (exact) mass is 460 g/mol. The molecule has 182 valence electrons. The molecule has 9 heteroatoms. The van der Waals surface area contributed by atoms with Crippen molar-refractivity contribution in [2.45, 2.75) is 44.2 Å². The number of amides is 2. The number of nitrogens with one attached hydrogen (secondary N) is 3. The zero-order valence-electron chi connectivity index (χ0n) is 19.8. The van der Waals surface area contributed by atoms with E-state index in [1.54, 1.807) is 17.0 Å². The van der Waals surface area contributed by atoms with E-state index in [0.29, 0.717) is 19.6 Å². The molecule has 2 amide bonds. The van der Waals surface area contributed by atoms with Gasteiger partial charge in [-0.25, -0.2) is 9.82 Å². The summed E-state index contributed by atoms with van der Waals surface area (Å²) in [6.07, 6.45) is 4.40. The smallest absolute Gasteiger partial charge is 0.257 e. The molecule has 0 saturated carbocycles. The van der Waals surface area contributed by atoms with Gasteiger partial charge >= 0.3 is 0 Å². The van der Waals surface area contributed by atoms with Crippen LogP contribution in [0, 0.1) is 11.7 Å². The van der Waals surface area contributed by atoms with Crippen LogP contribution in [0.5, 0.6) is 0 Å². The summed E-state index contributed by atoms with van der Waals surface area (Å²) >= 11 is 0. The van der Waals surface area contributed by atoms with Gasteiger partial charge < -0.3 is 15.1 Å². The Labute approximate surface area is 195 Å². The SMILES string of the molecule is CN(C)CCCN1CCCN(C(=O)c2cc(CC3NNC(=O)C4CCCNC34)ccc2F)C1. The van der Waals surface area contributed by atoms with Crippen molar-refractivity contribution in [1.82, 2.24) is 30.9 Å². The molecule has 3 N–H and O–H groups in total. The van der Waals surface area contributed by atoms with Gasteiger partial charge in [0.15, 0.2) is 0 Å². The summed E-state index contributed by atoms with van der Waals surface area (Å²) in [7, 11) is 4.12. The normalized spacial score (nSPS) is 26.2. The molecular weight excluding hydrogens is 423 g/mol. The second kappa shape index (κ2) is 10.9. The van der Waals surface area contributed by atoms with Gasteiger partial charge in [0.05, 0.1) is 18.2 Å². The fourth-order valence-corrected chi connectivity index (χ4v) is 5.27. The first-order valence-corrected chi connectivity index (χ1v) is 12.2. The van der Waals surface area contributed by atoms with Crippen molar-refractivity contribution in [3.05, 3.63) is 35.1 Å². The van der Waals surface area contributed by atoms with E-state index in [4.69, 9.17) is 0 Å². The summed E-state index contributed by atoms with van der Waals surface area (Å²) < 4.78 is 14.7. The fraction of sp³-hybridized carbons (Fsp3) is 0.667. The second-order valence-electron chi connectivity index (χ2n) is 9.83. The molecule has 3 saturated heterocycles. The van der Waals surface area contributed by atoms with Crippen LogP contribution in [0.4, 0.5) is 4.39 Å². The number of piperidine rings is 1. The van der Waals surface area contributed by atoms with Gasteiger partial charge in [-0.15, -0.1) is 0 Å². The maximum Gasteiger partial charge on any atom is 0.257 e. The average Bonchev–Trinajstić information content (AvgIpc) is 2.82. The topological polar surface area (TPSA) is 80.0 Å². The van der Waals surface area contributed by atoms with Crippen LogP contribution in [0.15, 0.2) is 18.2 Å². The Bertz CT molecular complexity index is 850. The van der Waals surface area contributed by atoms with Crippen molar-refractivity contribution in [1.29, 1.82) is 0 Å². The molecule has 4 rings (SSSR count). The van der Waals surface area contributed by atoms with E-state index in [2.05, 4.69) is 40.1 Å². The summed E-state index contributed by atoms with van der Waals surface area (Å²) in [5.41, 5.74) is 6.93. The summed E-state index contributed by atoms with van der Waals surface area (Å²) in [5.74, 6) is -0.755. The van der Waals surface area contributed by atoms with Crippen LogP contribution in [0.25, 0.3) is 0 Å². The molecule has 0 aromatic heterocycles. The van der Waals surface area contributed by atoms with E-state index >= 15 is 0 Å². The third-order valence-electron chi connectivity index (χ3n) is 7.01. The molecule has 33 heavy (non-hydrogen) atoms. The highest BCUT2D eigenvalue weighted by Crippen LogP contribution is 2.24. The minimum absolute atomic E-state index is 0.0106. The molecule has 8 nitrogen and oxygen atoms in total.